The fraction of sp³-hybridized carbons (Fsp3) is 0.714. The molecule has 76 valence electrons. The van der Waals surface area contributed by atoms with Crippen molar-refractivity contribution in [2.75, 3.05) is 13.1 Å². The third kappa shape index (κ3) is 3.22. The second-order valence-corrected chi connectivity index (χ2v) is 2.91. The molecule has 0 saturated carbocycles. The predicted octanol–water partition coefficient (Wildman–Crippen LogP) is 1.04. The molecular weight excluding hydrogens is 242 g/mol. The molecule has 0 spiro atoms. The number of aliphatic carboxylic acids is 1. The molecule has 0 aromatic rings. The van der Waals surface area contributed by atoms with Crippen LogP contribution in [0.25, 0.3) is 0 Å². The lowest BCUT2D eigenvalue weighted by Crippen LogP contribution is -2.41. The first kappa shape index (κ1) is 12.2. The van der Waals surface area contributed by atoms with Gasteiger partial charge in [0.25, 0.3) is 0 Å². The minimum atomic E-state index is -1.03. The predicted molar refractivity (Wildman–Crippen MR) is 50.3 cm³/mol. The van der Waals surface area contributed by atoms with Crippen LogP contribution in [0.15, 0.2) is 0 Å². The van der Waals surface area contributed by atoms with Crippen molar-refractivity contribution < 1.29 is 19.8 Å². The lowest BCUT2D eigenvalue weighted by Gasteiger charge is -2.27. The number of piperidine rings is 1. The van der Waals surface area contributed by atoms with Crippen LogP contribution in [0.4, 0.5) is 4.79 Å². The van der Waals surface area contributed by atoms with Crippen molar-refractivity contribution in [3.05, 3.63) is 0 Å². The number of halogens is 1. The first-order valence-corrected chi connectivity index (χ1v) is 3.82. The van der Waals surface area contributed by atoms with Crippen molar-refractivity contribution in [2.24, 2.45) is 5.92 Å². The van der Waals surface area contributed by atoms with Crippen molar-refractivity contribution in [1.29, 1.82) is 0 Å². The largest absolute Gasteiger partial charge is 0.481 e. The van der Waals surface area contributed by atoms with E-state index in [1.165, 1.54) is 0 Å². The number of carboxylic acids is 1. The molecule has 0 bridgehead atoms. The zero-order valence-corrected chi connectivity index (χ0v) is 8.69. The standard InChI is InChI=1S/C7H11NO4.BrH/c9-6(10)5-2-1-3-8(4-5)7(11)12;/h5H,1-4H2,(H,9,10)(H,11,12);1H. The van der Waals surface area contributed by atoms with Gasteiger partial charge in [-0.15, -0.1) is 17.0 Å². The lowest BCUT2D eigenvalue weighted by molar-refractivity contribution is -0.143. The van der Waals surface area contributed by atoms with Crippen LogP contribution < -0.4 is 0 Å². The van der Waals surface area contributed by atoms with Gasteiger partial charge in [-0.1, -0.05) is 0 Å². The SMILES string of the molecule is Br.O=C(O)C1CCCN(C(=O)O)C1. The average molecular weight is 254 g/mol. The molecule has 1 unspecified atom stereocenters. The van der Waals surface area contributed by atoms with Crippen molar-refractivity contribution in [3.63, 3.8) is 0 Å². The third-order valence-electron chi connectivity index (χ3n) is 2.04. The van der Waals surface area contributed by atoms with E-state index in [0.29, 0.717) is 19.4 Å². The average Bonchev–Trinajstić information content (AvgIpc) is 2.04. The fourth-order valence-electron chi connectivity index (χ4n) is 1.35. The van der Waals surface area contributed by atoms with Crippen LogP contribution in [0.2, 0.25) is 0 Å². The Hall–Kier alpha value is -0.780. The summed E-state index contributed by atoms with van der Waals surface area (Å²) in [5.41, 5.74) is 0. The number of hydrogen-bond donors (Lipinski definition) is 2. The summed E-state index contributed by atoms with van der Waals surface area (Å²) in [4.78, 5) is 22.1. The van der Waals surface area contributed by atoms with Gasteiger partial charge in [0.1, 0.15) is 0 Å². The summed E-state index contributed by atoms with van der Waals surface area (Å²) >= 11 is 0. The second kappa shape index (κ2) is 5.06. The fourth-order valence-corrected chi connectivity index (χ4v) is 1.35. The Morgan fingerprint density at radius 2 is 1.92 bits per heavy atom. The highest BCUT2D eigenvalue weighted by molar-refractivity contribution is 8.93. The quantitative estimate of drug-likeness (QED) is 0.732. The summed E-state index contributed by atoms with van der Waals surface area (Å²) in [7, 11) is 0. The van der Waals surface area contributed by atoms with Gasteiger partial charge in [0.2, 0.25) is 0 Å². The summed E-state index contributed by atoms with van der Waals surface area (Å²) in [6.07, 6.45) is 0.198. The maximum Gasteiger partial charge on any atom is 0.407 e. The van der Waals surface area contributed by atoms with Gasteiger partial charge < -0.3 is 15.1 Å². The van der Waals surface area contributed by atoms with Crippen LogP contribution in [0.3, 0.4) is 0 Å². The van der Waals surface area contributed by atoms with Crippen LogP contribution in [0.1, 0.15) is 12.8 Å². The Bertz CT molecular complexity index is 189. The van der Waals surface area contributed by atoms with E-state index >= 15 is 0 Å². The minimum absolute atomic E-state index is 0. The molecule has 13 heavy (non-hydrogen) atoms. The first-order chi connectivity index (χ1) is 5.61. The molecule has 6 heteroatoms. The highest BCUT2D eigenvalue weighted by atomic mass is 79.9. The molecular formula is C7H12BrNO4. The Labute approximate surface area is 86.1 Å². The molecule has 1 amide bonds. The number of amides is 1. The van der Waals surface area contributed by atoms with Crippen LogP contribution in [-0.4, -0.2) is 40.3 Å². The van der Waals surface area contributed by atoms with Gasteiger partial charge in [0, 0.05) is 13.1 Å². The monoisotopic (exact) mass is 253 g/mol. The van der Waals surface area contributed by atoms with Gasteiger partial charge in [-0.3, -0.25) is 4.79 Å². The Morgan fingerprint density at radius 3 is 2.38 bits per heavy atom. The Balaban J connectivity index is 0.00000144. The van der Waals surface area contributed by atoms with E-state index in [2.05, 4.69) is 0 Å². The number of nitrogens with zero attached hydrogens (tertiary/aromatic N) is 1. The van der Waals surface area contributed by atoms with Crippen LogP contribution in [0.5, 0.6) is 0 Å². The molecule has 5 nitrogen and oxygen atoms in total. The van der Waals surface area contributed by atoms with Crippen LogP contribution >= 0.6 is 17.0 Å². The molecule has 1 fully saturated rings. The summed E-state index contributed by atoms with van der Waals surface area (Å²) in [6.45, 7) is 0.587. The zero-order chi connectivity index (χ0) is 9.14. The smallest absolute Gasteiger partial charge is 0.407 e. The van der Waals surface area contributed by atoms with Crippen LogP contribution in [0, 0.1) is 5.92 Å². The molecule has 0 aromatic heterocycles. The highest BCUT2D eigenvalue weighted by Gasteiger charge is 2.27. The minimum Gasteiger partial charge on any atom is -0.481 e. The molecule has 1 atom stereocenters. The van der Waals surface area contributed by atoms with Crippen LogP contribution in [-0.2, 0) is 4.79 Å². The van der Waals surface area contributed by atoms with E-state index in [1.807, 2.05) is 0 Å². The summed E-state index contributed by atoms with van der Waals surface area (Å²) in [6, 6.07) is 0. The zero-order valence-electron chi connectivity index (χ0n) is 6.97. The number of carbonyl (C=O) groups is 2. The molecule has 1 rings (SSSR count). The van der Waals surface area contributed by atoms with Crippen molar-refractivity contribution in [1.82, 2.24) is 4.90 Å². The second-order valence-electron chi connectivity index (χ2n) is 2.91. The maximum absolute atomic E-state index is 10.5. The van der Waals surface area contributed by atoms with Crippen molar-refractivity contribution >= 4 is 29.0 Å². The van der Waals surface area contributed by atoms with Gasteiger partial charge >= 0.3 is 12.1 Å². The van der Waals surface area contributed by atoms with E-state index in [4.69, 9.17) is 10.2 Å². The van der Waals surface area contributed by atoms with E-state index in [-0.39, 0.29) is 23.5 Å². The topological polar surface area (TPSA) is 77.8 Å². The molecule has 2 N–H and O–H groups in total. The van der Waals surface area contributed by atoms with Gasteiger partial charge in [0.05, 0.1) is 5.92 Å². The van der Waals surface area contributed by atoms with Crippen molar-refractivity contribution in [3.8, 4) is 0 Å². The maximum atomic E-state index is 10.5. The number of carboxylic acid groups (broad SMARTS) is 2. The van der Waals surface area contributed by atoms with E-state index < -0.39 is 18.0 Å². The van der Waals surface area contributed by atoms with Gasteiger partial charge in [-0.2, -0.15) is 0 Å². The molecule has 0 aliphatic carbocycles. The molecule has 1 aliphatic rings. The summed E-state index contributed by atoms with van der Waals surface area (Å²) in [5, 5.41) is 17.2. The summed E-state index contributed by atoms with van der Waals surface area (Å²) < 4.78 is 0. The number of hydrogen-bond acceptors (Lipinski definition) is 2. The van der Waals surface area contributed by atoms with Gasteiger partial charge in [-0.25, -0.2) is 4.79 Å². The molecule has 1 aliphatic heterocycles. The van der Waals surface area contributed by atoms with Crippen molar-refractivity contribution in [2.45, 2.75) is 12.8 Å². The number of rotatable bonds is 1. The normalized spacial score (nSPS) is 21.8. The van der Waals surface area contributed by atoms with Gasteiger partial charge in [0.15, 0.2) is 0 Å². The van der Waals surface area contributed by atoms with E-state index in [9.17, 15) is 9.59 Å². The molecule has 0 radical (unpaired) electrons. The van der Waals surface area contributed by atoms with E-state index in [0.717, 1.165) is 4.90 Å². The van der Waals surface area contributed by atoms with E-state index in [1.54, 1.807) is 0 Å². The number of likely N-dealkylation sites (tertiary alicyclic amines) is 1. The summed E-state index contributed by atoms with van der Waals surface area (Å²) in [5.74, 6) is -1.42. The third-order valence-corrected chi connectivity index (χ3v) is 2.04. The first-order valence-electron chi connectivity index (χ1n) is 3.82. The molecule has 1 heterocycles. The lowest BCUT2D eigenvalue weighted by atomic mass is 9.99. The Morgan fingerprint density at radius 1 is 1.31 bits per heavy atom. The molecule has 1 saturated heterocycles. The van der Waals surface area contributed by atoms with Gasteiger partial charge in [-0.05, 0) is 12.8 Å². The Kier molecular flexibility index (Phi) is 4.76. The molecule has 0 aromatic carbocycles. The highest BCUT2D eigenvalue weighted by Crippen LogP contribution is 2.16.